The van der Waals surface area contributed by atoms with E-state index in [0.717, 1.165) is 42.5 Å². The maximum Gasteiger partial charge on any atom is 1.00 e. The fourth-order valence-corrected chi connectivity index (χ4v) is 9.96. The predicted molar refractivity (Wildman–Crippen MR) is 300 cm³/mol. The molecule has 5 aromatic carbocycles. The molecule has 0 aliphatic heterocycles. The van der Waals surface area contributed by atoms with Crippen molar-refractivity contribution in [3.8, 4) is 11.7 Å². The van der Waals surface area contributed by atoms with Crippen LogP contribution in [-0.4, -0.2) is 107 Å². The number of phenols is 1. The van der Waals surface area contributed by atoms with Gasteiger partial charge in [0.05, 0.1) is 62.3 Å². The van der Waals surface area contributed by atoms with Gasteiger partial charge in [0, 0.05) is 33.7 Å². The Labute approximate surface area is 607 Å². The molecule has 0 unspecified atom stereocenters. The van der Waals surface area contributed by atoms with Crippen LogP contribution in [0.3, 0.4) is 0 Å². The number of sulfone groups is 1. The van der Waals surface area contributed by atoms with Crippen LogP contribution >= 0.6 is 59.1 Å². The summed E-state index contributed by atoms with van der Waals surface area (Å²) in [4.78, 5) is 34.8. The number of aromatic carboxylic acids is 1. The molecule has 8 rings (SSSR count). The molecule has 0 spiro atoms. The summed E-state index contributed by atoms with van der Waals surface area (Å²) in [6.07, 6.45) is 2.53. The fraction of sp³-hybridized carbons (Fsp3) is 0.0476. The smallest absolute Gasteiger partial charge is 1.00 e. The van der Waals surface area contributed by atoms with E-state index in [9.17, 15) is 67.6 Å². The van der Waals surface area contributed by atoms with Gasteiger partial charge in [0.2, 0.25) is 27.6 Å². The molecule has 0 fully saturated rings. The van der Waals surface area contributed by atoms with Gasteiger partial charge >= 0.3 is 178 Å². The zero-order valence-electron chi connectivity index (χ0n) is 45.0. The van der Waals surface area contributed by atoms with Crippen molar-refractivity contribution in [2.45, 2.75) is 19.6 Å². The molecule has 31 nitrogen and oxygen atoms in total. The second-order valence-corrected chi connectivity index (χ2v) is 26.1. The number of pyridine rings is 1. The molecule has 5 N–H and O–H groups in total. The molecule has 0 amide bonds. The number of carboxylic acids is 1. The number of hydrogen-bond acceptors (Lipinski definition) is 31. The summed E-state index contributed by atoms with van der Waals surface area (Å²) < 4.78 is 146. The van der Waals surface area contributed by atoms with E-state index >= 15 is 0 Å². The van der Waals surface area contributed by atoms with Gasteiger partial charge in [-0.05, 0) is 118 Å². The van der Waals surface area contributed by atoms with Crippen molar-refractivity contribution in [2.24, 2.45) is 10.2 Å². The number of aromatic nitrogens is 7. The quantitative estimate of drug-likeness (QED) is 0.00484. The summed E-state index contributed by atoms with van der Waals surface area (Å²) in [6, 6.07) is 20.8. The average molecular weight is 1560 g/mol. The van der Waals surface area contributed by atoms with Gasteiger partial charge in [-0.25, -0.2) is 38.2 Å². The van der Waals surface area contributed by atoms with Gasteiger partial charge in [0.1, 0.15) is 31.6 Å². The van der Waals surface area contributed by atoms with Crippen LogP contribution < -0.4 is 154 Å². The number of aromatic hydroxyl groups is 1. The van der Waals surface area contributed by atoms with E-state index in [1.165, 1.54) is 77.6 Å². The second kappa shape index (κ2) is 34.6. The Balaban J connectivity index is 0.00000240. The summed E-state index contributed by atoms with van der Waals surface area (Å²) >= 11 is 6.82. The fourth-order valence-electron chi connectivity index (χ4n) is 6.72. The zero-order valence-corrected chi connectivity index (χ0v) is 61.2. The Morgan fingerprint density at radius 1 is 0.721 bits per heavy atom. The van der Waals surface area contributed by atoms with Crippen LogP contribution in [0.1, 0.15) is 10.4 Å². The van der Waals surface area contributed by atoms with Crippen LogP contribution in [0.2, 0.25) is 5.28 Å². The van der Waals surface area contributed by atoms with Crippen molar-refractivity contribution in [3.63, 3.8) is 0 Å². The number of nitrogens with zero attached hydrogens (tertiary/aromatic N) is 9. The number of hydrogen-bond donors (Lipinski definition) is 5. The second-order valence-electron chi connectivity index (χ2n) is 15.5. The first kappa shape index (κ1) is 75.7. The Morgan fingerprint density at radius 2 is 1.26 bits per heavy atom. The molecule has 44 heteroatoms. The Hall–Kier alpha value is -2.72. The van der Waals surface area contributed by atoms with Crippen molar-refractivity contribution < 1.29 is 204 Å². The van der Waals surface area contributed by atoms with Crippen molar-refractivity contribution in [2.75, 3.05) is 33.6 Å². The van der Waals surface area contributed by atoms with E-state index in [1.54, 1.807) is 0 Å². The van der Waals surface area contributed by atoms with Crippen LogP contribution in [0.25, 0.3) is 16.7 Å². The number of carbonyl (C=O) groups excluding carboxylic acids is 1. The maximum absolute atomic E-state index is 12.7. The molecule has 8 aromatic rings. The number of benzene rings is 5. The van der Waals surface area contributed by atoms with Crippen LogP contribution in [-0.2, 0) is 54.0 Å². The van der Waals surface area contributed by atoms with Crippen molar-refractivity contribution in [1.29, 1.82) is 0.594 Å². The van der Waals surface area contributed by atoms with Gasteiger partial charge in [-0.1, -0.05) is 12.1 Å². The third-order valence-corrected chi connectivity index (χ3v) is 14.8. The minimum absolute atomic E-state index is 0. The first-order valence-electron chi connectivity index (χ1n) is 22.0. The Morgan fingerprint density at radius 3 is 1.80 bits per heavy atom. The van der Waals surface area contributed by atoms with Gasteiger partial charge in [-0.2, -0.15) is 19.3 Å². The maximum atomic E-state index is 12.7. The average Bonchev–Trinajstić information content (AvgIpc) is 1.51. The number of carboxylic acid groups (broad SMARTS) is 1. The molecule has 2 radical (unpaired) electrons. The van der Waals surface area contributed by atoms with Gasteiger partial charge in [0.25, 0.3) is 0 Å². The first-order valence-corrected chi connectivity index (χ1v) is 36.0. The molecule has 0 aliphatic rings. The number of halogens is 3. The van der Waals surface area contributed by atoms with Crippen molar-refractivity contribution in [3.05, 3.63) is 126 Å². The summed E-state index contributed by atoms with van der Waals surface area (Å²) in [5.74, 6) is -4.02. The molecule has 3 heterocycles. The summed E-state index contributed by atoms with van der Waals surface area (Å²) in [6.45, 7) is -0.933. The van der Waals surface area contributed by atoms with Crippen LogP contribution in [0.15, 0.2) is 145 Å². The molecule has 0 saturated carbocycles. The van der Waals surface area contributed by atoms with E-state index in [1.807, 2.05) is 18.6 Å². The number of rotatable bonds is 22. The topological polar surface area (TPSA) is 471 Å². The zero-order chi connectivity index (χ0) is 60.4. The first-order chi connectivity index (χ1) is 39.0. The molecule has 0 bridgehead atoms. The number of fused-ring (bicyclic) bond motifs is 1. The van der Waals surface area contributed by atoms with E-state index in [2.05, 4.69) is 75.0 Å². The molecule has 86 heavy (non-hydrogen) atoms. The number of azo groups is 1. The normalized spacial score (nSPS) is 11.7. The van der Waals surface area contributed by atoms with Gasteiger partial charge in [-0.15, -0.1) is 15.2 Å². The number of nitrogens with one attached hydrogen (secondary N) is 4. The van der Waals surface area contributed by atoms with Gasteiger partial charge < -0.3 is 55.2 Å². The van der Waals surface area contributed by atoms with Crippen molar-refractivity contribution >= 4 is 180 Å². The van der Waals surface area contributed by atoms with E-state index in [0.29, 0.717) is 5.39 Å². The Bertz CT molecular complexity index is 4280. The number of anilines is 8. The summed E-state index contributed by atoms with van der Waals surface area (Å²) in [5, 5.41) is 56.8. The standard InChI is InChI=1S/C42H32ClN13O18S5.BHI2.4Na/c43-37-48-38(45-25-2-1-3-29(19-25)77(63,64)65)50-39(49-37)46-26-5-4-23-18-32(75-74-73-60)34(35(57)30(23)20-26)55-54-31-21-27(8-11-33(31)78(66,67)68)47-41-51-40(52-42(53-41)56-14-12-22(13-15-56)36(58)59)44-24-6-9-28(10-7-24)76(61,62)17-16-72-79(69,70)71;1-3-2;;;;/h1-15,18-21H,16-17H2,(H9-,44,45,46,47,48,49,50,51,52,53,54,55,57,58,59,60,63,64,65,66,67,68,69,70,71);3H;;;;/q;;4*+1/p-4/i;3D;;;;. The van der Waals surface area contributed by atoms with E-state index in [4.69, 9.17) is 17.9 Å². The predicted octanol–water partition coefficient (Wildman–Crippen LogP) is -7.97. The molecule has 0 aliphatic carbocycles. The monoisotopic (exact) mass is 1560 g/mol. The van der Waals surface area contributed by atoms with E-state index < -0.39 is 103 Å². The number of carbonyl (C=O) groups is 1. The molecule has 428 valence electrons. The van der Waals surface area contributed by atoms with Crippen LogP contribution in [0.5, 0.6) is 5.75 Å². The third-order valence-electron chi connectivity index (χ3n) is 10.2. The van der Waals surface area contributed by atoms with Crippen molar-refractivity contribution in [1.82, 2.24) is 29.9 Å². The summed E-state index contributed by atoms with van der Waals surface area (Å²) in [7, 11) is -19.4. The van der Waals surface area contributed by atoms with E-state index in [-0.39, 0.29) is 209 Å². The Kier molecular flexibility index (Phi) is 30.5. The minimum Gasteiger partial charge on any atom is 1.00 e. The molecule has 3 aromatic heterocycles. The van der Waals surface area contributed by atoms with Crippen LogP contribution in [0, 0.1) is 0 Å². The minimum atomic E-state index is -5.32. The number of phenolic OH excluding ortho intramolecular Hbond substituents is 1. The molecule has 0 atom stereocenters. The third kappa shape index (κ3) is 22.6. The molecule has 0 saturated heterocycles. The van der Waals surface area contributed by atoms with Gasteiger partial charge in [0.15, 0.2) is 15.6 Å². The molecular weight excluding hydrogens is 1530 g/mol. The largest absolute Gasteiger partial charge is 1.00 e. The summed E-state index contributed by atoms with van der Waals surface area (Å²) in [5.41, 5.74) is 4.08. The van der Waals surface area contributed by atoms with Gasteiger partial charge in [-0.3, -0.25) is 9.22 Å². The molecular formula is C42H29BClI2N13Na4O18S5. The van der Waals surface area contributed by atoms with Crippen LogP contribution in [0.4, 0.5) is 57.9 Å². The SMILES string of the molecule is O=C([O-])c1cc[n+](-c2nc(Nc3ccc(S(=O)(=O)CCOS(=O)(=O)[O-])cc3)nc(Nc3ccc(S(=O)(=O)[O-])c(N=Nc4c(SOO[O-])cc5ccc(Nc6nc(Cl)nc(Nc7cccc(S(=O)(=O)[O-])c7)n6)cc5c4O)c3)n2)cc1.[2H]I([B])I.[Na+].[Na+].[Na+].[Na+].